The Bertz CT molecular complexity index is 644. The molecule has 1 atom stereocenters. The molecule has 0 bridgehead atoms. The lowest BCUT2D eigenvalue weighted by molar-refractivity contribution is -0.121. The summed E-state index contributed by atoms with van der Waals surface area (Å²) in [7, 11) is 0. The quantitative estimate of drug-likeness (QED) is 0.714. The summed E-state index contributed by atoms with van der Waals surface area (Å²) in [5, 5.41) is 5.87. The molecule has 0 spiro atoms. The number of carbonyl (C=O) groups is 1. The lowest BCUT2D eigenvalue weighted by Crippen LogP contribution is -2.40. The van der Waals surface area contributed by atoms with Gasteiger partial charge in [0.05, 0.1) is 12.1 Å². The van der Waals surface area contributed by atoms with E-state index in [9.17, 15) is 4.79 Å². The number of thiazole rings is 1. The summed E-state index contributed by atoms with van der Waals surface area (Å²) in [5.74, 6) is -0.0114. The molecule has 4 nitrogen and oxygen atoms in total. The van der Waals surface area contributed by atoms with E-state index in [1.165, 1.54) is 0 Å². The van der Waals surface area contributed by atoms with Crippen molar-refractivity contribution in [3.05, 3.63) is 39.8 Å². The minimum Gasteiger partial charge on any atom is -0.352 e. The second-order valence-corrected chi connectivity index (χ2v) is 7.25. The topological polar surface area (TPSA) is 68.0 Å². The highest BCUT2D eigenvalue weighted by molar-refractivity contribution is 9.10. The van der Waals surface area contributed by atoms with E-state index in [0.717, 1.165) is 40.0 Å². The lowest BCUT2D eigenvalue weighted by atomic mass is 10.1. The SMILES string of the molecule is CCCCC(CN)NC(=O)Cc1csc(-c2cccc(Br)c2)n1. The summed E-state index contributed by atoms with van der Waals surface area (Å²) >= 11 is 5.02. The van der Waals surface area contributed by atoms with E-state index in [-0.39, 0.29) is 11.9 Å². The van der Waals surface area contributed by atoms with Crippen molar-refractivity contribution < 1.29 is 4.79 Å². The van der Waals surface area contributed by atoms with Gasteiger partial charge in [-0.15, -0.1) is 11.3 Å². The molecular formula is C17H22BrN3OS. The van der Waals surface area contributed by atoms with Gasteiger partial charge in [0.15, 0.2) is 0 Å². The van der Waals surface area contributed by atoms with Crippen LogP contribution >= 0.6 is 27.3 Å². The average Bonchev–Trinajstić information content (AvgIpc) is 2.99. The molecule has 0 radical (unpaired) electrons. The zero-order chi connectivity index (χ0) is 16.7. The minimum atomic E-state index is -0.0114. The number of nitrogens with zero attached hydrogens (tertiary/aromatic N) is 1. The van der Waals surface area contributed by atoms with Crippen LogP contribution < -0.4 is 11.1 Å². The van der Waals surface area contributed by atoms with Crippen molar-refractivity contribution in [2.24, 2.45) is 5.73 Å². The number of amides is 1. The van der Waals surface area contributed by atoms with Crippen molar-refractivity contribution in [1.29, 1.82) is 0 Å². The van der Waals surface area contributed by atoms with Crippen molar-refractivity contribution in [3.63, 3.8) is 0 Å². The number of hydrogen-bond acceptors (Lipinski definition) is 4. The van der Waals surface area contributed by atoms with Crippen LogP contribution in [0.4, 0.5) is 0 Å². The summed E-state index contributed by atoms with van der Waals surface area (Å²) in [6, 6.07) is 8.06. The first kappa shape index (κ1) is 18.1. The summed E-state index contributed by atoms with van der Waals surface area (Å²) < 4.78 is 1.02. The van der Waals surface area contributed by atoms with Crippen LogP contribution in [0.3, 0.4) is 0 Å². The highest BCUT2D eigenvalue weighted by atomic mass is 79.9. The molecule has 0 aliphatic heterocycles. The highest BCUT2D eigenvalue weighted by Crippen LogP contribution is 2.26. The monoisotopic (exact) mass is 395 g/mol. The first-order valence-corrected chi connectivity index (χ1v) is 9.49. The van der Waals surface area contributed by atoms with Gasteiger partial charge in [0.25, 0.3) is 0 Å². The molecule has 0 aliphatic carbocycles. The predicted molar refractivity (Wildman–Crippen MR) is 99.5 cm³/mol. The van der Waals surface area contributed by atoms with E-state index < -0.39 is 0 Å². The Morgan fingerprint density at radius 1 is 1.48 bits per heavy atom. The third kappa shape index (κ3) is 5.71. The van der Waals surface area contributed by atoms with Gasteiger partial charge < -0.3 is 11.1 Å². The van der Waals surface area contributed by atoms with Crippen LogP contribution in [0.1, 0.15) is 31.9 Å². The smallest absolute Gasteiger partial charge is 0.226 e. The third-order valence-corrected chi connectivity index (χ3v) is 4.95. The molecule has 1 heterocycles. The molecule has 0 saturated heterocycles. The number of rotatable bonds is 8. The number of benzene rings is 1. The molecule has 1 unspecified atom stereocenters. The van der Waals surface area contributed by atoms with Gasteiger partial charge in [-0.25, -0.2) is 4.98 Å². The molecule has 6 heteroatoms. The maximum absolute atomic E-state index is 12.1. The summed E-state index contributed by atoms with van der Waals surface area (Å²) in [6.45, 7) is 2.61. The Kier molecular flexibility index (Phi) is 7.20. The molecule has 0 saturated carbocycles. The summed E-state index contributed by atoms with van der Waals surface area (Å²) in [4.78, 5) is 16.7. The van der Waals surface area contributed by atoms with Gasteiger partial charge >= 0.3 is 0 Å². The molecule has 0 fully saturated rings. The van der Waals surface area contributed by atoms with E-state index in [1.54, 1.807) is 11.3 Å². The molecule has 3 N–H and O–H groups in total. The van der Waals surface area contributed by atoms with Crippen molar-refractivity contribution >= 4 is 33.2 Å². The van der Waals surface area contributed by atoms with Crippen molar-refractivity contribution in [3.8, 4) is 10.6 Å². The molecule has 1 amide bonds. The largest absolute Gasteiger partial charge is 0.352 e. The molecule has 0 aliphatic rings. The van der Waals surface area contributed by atoms with Crippen molar-refractivity contribution in [2.75, 3.05) is 6.54 Å². The number of nitrogens with one attached hydrogen (secondary N) is 1. The fourth-order valence-electron chi connectivity index (χ4n) is 2.28. The van der Waals surface area contributed by atoms with Crippen LogP contribution in [0.15, 0.2) is 34.1 Å². The highest BCUT2D eigenvalue weighted by Gasteiger charge is 2.13. The van der Waals surface area contributed by atoms with Crippen LogP contribution in [-0.4, -0.2) is 23.5 Å². The van der Waals surface area contributed by atoms with Gasteiger partial charge in [0, 0.05) is 28.0 Å². The molecule has 1 aromatic heterocycles. The molecule has 2 aromatic rings. The fraction of sp³-hybridized carbons (Fsp3) is 0.412. The number of unbranched alkanes of at least 4 members (excludes halogenated alkanes) is 1. The van der Waals surface area contributed by atoms with Crippen LogP contribution in [-0.2, 0) is 11.2 Å². The van der Waals surface area contributed by atoms with Gasteiger partial charge in [-0.05, 0) is 18.6 Å². The minimum absolute atomic E-state index is 0.0114. The van der Waals surface area contributed by atoms with Crippen LogP contribution in [0.25, 0.3) is 10.6 Å². The predicted octanol–water partition coefficient (Wildman–Crippen LogP) is 3.75. The van der Waals surface area contributed by atoms with Crippen molar-refractivity contribution in [1.82, 2.24) is 10.3 Å². The second-order valence-electron chi connectivity index (χ2n) is 5.47. The van der Waals surface area contributed by atoms with Crippen molar-refractivity contribution in [2.45, 2.75) is 38.6 Å². The summed E-state index contributed by atoms with van der Waals surface area (Å²) in [6.07, 6.45) is 3.41. The number of nitrogens with two attached hydrogens (primary N) is 1. The zero-order valence-electron chi connectivity index (χ0n) is 13.2. The summed E-state index contributed by atoms with van der Waals surface area (Å²) in [5.41, 5.74) is 7.57. The van der Waals surface area contributed by atoms with Gasteiger partial charge in [-0.1, -0.05) is 47.8 Å². The Morgan fingerprint density at radius 3 is 3.00 bits per heavy atom. The normalized spacial score (nSPS) is 12.1. The third-order valence-electron chi connectivity index (χ3n) is 3.52. The van der Waals surface area contributed by atoms with Crippen LogP contribution in [0.5, 0.6) is 0 Å². The Morgan fingerprint density at radius 2 is 2.30 bits per heavy atom. The molecule has 2 rings (SSSR count). The van der Waals surface area contributed by atoms with Gasteiger partial charge in [0.1, 0.15) is 5.01 Å². The van der Waals surface area contributed by atoms with E-state index in [1.807, 2.05) is 29.6 Å². The fourth-order valence-corrected chi connectivity index (χ4v) is 3.50. The molecule has 23 heavy (non-hydrogen) atoms. The molecule has 124 valence electrons. The lowest BCUT2D eigenvalue weighted by Gasteiger charge is -2.15. The van der Waals surface area contributed by atoms with Gasteiger partial charge in [0.2, 0.25) is 5.91 Å². The number of hydrogen-bond donors (Lipinski definition) is 2. The Labute approximate surface area is 149 Å². The standard InChI is InChI=1S/C17H22BrN3OS/c1-2-3-7-14(10-19)20-16(22)9-15-11-23-17(21-15)12-5-4-6-13(18)8-12/h4-6,8,11,14H,2-3,7,9-10,19H2,1H3,(H,20,22). The maximum Gasteiger partial charge on any atom is 0.226 e. The average molecular weight is 396 g/mol. The molecule has 1 aromatic carbocycles. The first-order valence-electron chi connectivity index (χ1n) is 7.82. The second kappa shape index (κ2) is 9.15. The van der Waals surface area contributed by atoms with E-state index in [4.69, 9.17) is 5.73 Å². The first-order chi connectivity index (χ1) is 11.1. The van der Waals surface area contributed by atoms with Gasteiger partial charge in [-0.3, -0.25) is 4.79 Å². The van der Waals surface area contributed by atoms with E-state index >= 15 is 0 Å². The number of aromatic nitrogens is 1. The number of carbonyl (C=O) groups excluding carboxylic acids is 1. The van der Waals surface area contributed by atoms with Crippen LogP contribution in [0, 0.1) is 0 Å². The molecular weight excluding hydrogens is 374 g/mol. The van der Waals surface area contributed by atoms with E-state index in [0.29, 0.717) is 13.0 Å². The Hall–Kier alpha value is -1.24. The van der Waals surface area contributed by atoms with E-state index in [2.05, 4.69) is 33.2 Å². The zero-order valence-corrected chi connectivity index (χ0v) is 15.6. The Balaban J connectivity index is 1.94. The maximum atomic E-state index is 12.1. The number of halogens is 1. The van der Waals surface area contributed by atoms with Gasteiger partial charge in [-0.2, -0.15) is 0 Å². The van der Waals surface area contributed by atoms with Crippen LogP contribution in [0.2, 0.25) is 0 Å².